The number of sulfonamides is 1. The van der Waals surface area contributed by atoms with Gasteiger partial charge in [0.15, 0.2) is 0 Å². The standard InChI is InChI=1S/C14H22N2O3S/c1-10-4-3-5-11(10)9-16-20(17,18)12-6-7-14(19-2)13(15)8-12/h6-8,10-11,16H,3-5,9,15H2,1-2H3. The molecule has 0 heterocycles. The van der Waals surface area contributed by atoms with Crippen LogP contribution in [0.25, 0.3) is 0 Å². The molecule has 112 valence electrons. The number of methoxy groups -OCH3 is 1. The van der Waals surface area contributed by atoms with Crippen LogP contribution >= 0.6 is 0 Å². The number of hydrogen-bond donors (Lipinski definition) is 2. The molecule has 1 fully saturated rings. The summed E-state index contributed by atoms with van der Waals surface area (Å²) in [6.07, 6.45) is 3.46. The van der Waals surface area contributed by atoms with Crippen molar-refractivity contribution < 1.29 is 13.2 Å². The molecule has 0 amide bonds. The van der Waals surface area contributed by atoms with Gasteiger partial charge >= 0.3 is 0 Å². The number of rotatable bonds is 5. The van der Waals surface area contributed by atoms with Crippen LogP contribution in [0.3, 0.4) is 0 Å². The Morgan fingerprint density at radius 2 is 2.15 bits per heavy atom. The summed E-state index contributed by atoms with van der Waals surface area (Å²) in [4.78, 5) is 0.182. The fourth-order valence-corrected chi connectivity index (χ4v) is 3.83. The Hall–Kier alpha value is -1.27. The van der Waals surface area contributed by atoms with Gasteiger partial charge in [0.05, 0.1) is 17.7 Å². The topological polar surface area (TPSA) is 81.4 Å². The normalized spacial score (nSPS) is 22.9. The summed E-state index contributed by atoms with van der Waals surface area (Å²) < 4.78 is 32.2. The second kappa shape index (κ2) is 6.01. The monoisotopic (exact) mass is 298 g/mol. The van der Waals surface area contributed by atoms with E-state index in [0.717, 1.165) is 6.42 Å². The van der Waals surface area contributed by atoms with Crippen LogP contribution in [0, 0.1) is 11.8 Å². The van der Waals surface area contributed by atoms with E-state index in [1.165, 1.54) is 32.1 Å². The van der Waals surface area contributed by atoms with Crippen LogP contribution in [-0.2, 0) is 10.0 Å². The van der Waals surface area contributed by atoms with Gasteiger partial charge in [0.2, 0.25) is 10.0 Å². The van der Waals surface area contributed by atoms with Crippen molar-refractivity contribution in [2.24, 2.45) is 11.8 Å². The molecular weight excluding hydrogens is 276 g/mol. The Bertz CT molecular complexity index is 572. The third kappa shape index (κ3) is 3.24. The van der Waals surface area contributed by atoms with E-state index in [1.807, 2.05) is 0 Å². The van der Waals surface area contributed by atoms with Crippen molar-refractivity contribution >= 4 is 15.7 Å². The number of benzene rings is 1. The molecule has 1 aliphatic rings. The van der Waals surface area contributed by atoms with Gasteiger partial charge in [0, 0.05) is 6.54 Å². The molecule has 0 saturated heterocycles. The van der Waals surface area contributed by atoms with Gasteiger partial charge in [-0.2, -0.15) is 0 Å². The van der Waals surface area contributed by atoms with E-state index < -0.39 is 10.0 Å². The summed E-state index contributed by atoms with van der Waals surface area (Å²) in [5.41, 5.74) is 6.08. The summed E-state index contributed by atoms with van der Waals surface area (Å²) in [6, 6.07) is 4.51. The van der Waals surface area contributed by atoms with Crippen LogP contribution in [0.5, 0.6) is 5.75 Å². The van der Waals surface area contributed by atoms with Gasteiger partial charge in [-0.25, -0.2) is 13.1 Å². The number of nitrogen functional groups attached to an aromatic ring is 1. The van der Waals surface area contributed by atoms with Crippen molar-refractivity contribution in [3.05, 3.63) is 18.2 Å². The Morgan fingerprint density at radius 1 is 1.40 bits per heavy atom. The molecule has 1 saturated carbocycles. The highest BCUT2D eigenvalue weighted by atomic mass is 32.2. The van der Waals surface area contributed by atoms with Crippen LogP contribution in [0.2, 0.25) is 0 Å². The first-order valence-electron chi connectivity index (χ1n) is 6.87. The summed E-state index contributed by atoms with van der Waals surface area (Å²) in [5.74, 6) is 1.49. The summed E-state index contributed by atoms with van der Waals surface area (Å²) in [6.45, 7) is 2.67. The van der Waals surface area contributed by atoms with Crippen molar-refractivity contribution in [1.82, 2.24) is 4.72 Å². The molecule has 1 aromatic rings. The van der Waals surface area contributed by atoms with Crippen LogP contribution in [0.1, 0.15) is 26.2 Å². The SMILES string of the molecule is COc1ccc(S(=O)(=O)NCC2CCCC2C)cc1N. The molecule has 2 rings (SSSR count). The van der Waals surface area contributed by atoms with Crippen molar-refractivity contribution in [1.29, 1.82) is 0 Å². The van der Waals surface area contributed by atoms with Crippen LogP contribution < -0.4 is 15.2 Å². The molecule has 5 nitrogen and oxygen atoms in total. The second-order valence-corrected chi connectivity index (χ2v) is 7.19. The second-order valence-electron chi connectivity index (χ2n) is 5.42. The van der Waals surface area contributed by atoms with E-state index >= 15 is 0 Å². The van der Waals surface area contributed by atoms with Gasteiger partial charge in [-0.15, -0.1) is 0 Å². The zero-order chi connectivity index (χ0) is 14.8. The lowest BCUT2D eigenvalue weighted by Crippen LogP contribution is -2.30. The minimum Gasteiger partial charge on any atom is -0.495 e. The fourth-order valence-electron chi connectivity index (χ4n) is 2.71. The summed E-state index contributed by atoms with van der Waals surface area (Å²) in [7, 11) is -2.00. The van der Waals surface area contributed by atoms with Gasteiger partial charge in [-0.05, 0) is 36.5 Å². The van der Waals surface area contributed by atoms with Crippen LogP contribution in [-0.4, -0.2) is 22.1 Å². The highest BCUT2D eigenvalue weighted by Gasteiger charge is 2.25. The molecule has 0 aliphatic heterocycles. The first kappa shape index (κ1) is 15.1. The summed E-state index contributed by atoms with van der Waals surface area (Å²) in [5, 5.41) is 0. The Kier molecular flexibility index (Phi) is 4.55. The Labute approximate surface area is 120 Å². The number of hydrogen-bond acceptors (Lipinski definition) is 4. The van der Waals surface area contributed by atoms with Crippen molar-refractivity contribution in [3.8, 4) is 5.75 Å². The van der Waals surface area contributed by atoms with Crippen molar-refractivity contribution in [2.45, 2.75) is 31.1 Å². The minimum absolute atomic E-state index is 0.182. The lowest BCUT2D eigenvalue weighted by atomic mass is 9.99. The molecular formula is C14H22N2O3S. The fraction of sp³-hybridized carbons (Fsp3) is 0.571. The smallest absolute Gasteiger partial charge is 0.240 e. The van der Waals surface area contributed by atoms with E-state index in [9.17, 15) is 8.42 Å². The highest BCUT2D eigenvalue weighted by molar-refractivity contribution is 7.89. The molecule has 20 heavy (non-hydrogen) atoms. The lowest BCUT2D eigenvalue weighted by molar-refractivity contribution is 0.414. The molecule has 0 aromatic heterocycles. The van der Waals surface area contributed by atoms with Gasteiger partial charge in [0.25, 0.3) is 0 Å². The van der Waals surface area contributed by atoms with Gasteiger partial charge in [0.1, 0.15) is 5.75 Å². The Balaban J connectivity index is 2.08. The van der Waals surface area contributed by atoms with Gasteiger partial charge in [-0.3, -0.25) is 0 Å². The molecule has 0 spiro atoms. The van der Waals surface area contributed by atoms with Crippen LogP contribution in [0.15, 0.2) is 23.1 Å². The first-order valence-corrected chi connectivity index (χ1v) is 8.35. The third-order valence-corrected chi connectivity index (χ3v) is 5.51. The quantitative estimate of drug-likeness (QED) is 0.815. The zero-order valence-corrected chi connectivity index (χ0v) is 12.7. The summed E-state index contributed by atoms with van der Waals surface area (Å²) >= 11 is 0. The third-order valence-electron chi connectivity index (χ3n) is 4.09. The van der Waals surface area contributed by atoms with Crippen LogP contribution in [0.4, 0.5) is 5.69 Å². The van der Waals surface area contributed by atoms with E-state index in [0.29, 0.717) is 29.8 Å². The molecule has 1 aromatic carbocycles. The highest BCUT2D eigenvalue weighted by Crippen LogP contribution is 2.31. The first-order chi connectivity index (χ1) is 9.44. The number of anilines is 1. The van der Waals surface area contributed by atoms with Crippen molar-refractivity contribution in [2.75, 3.05) is 19.4 Å². The van der Waals surface area contributed by atoms with Gasteiger partial charge < -0.3 is 10.5 Å². The maximum atomic E-state index is 12.2. The average Bonchev–Trinajstić information content (AvgIpc) is 2.82. The van der Waals surface area contributed by atoms with E-state index in [1.54, 1.807) is 6.07 Å². The predicted molar refractivity (Wildman–Crippen MR) is 79.1 cm³/mol. The molecule has 6 heteroatoms. The number of nitrogens with one attached hydrogen (secondary N) is 1. The van der Waals surface area contributed by atoms with E-state index in [-0.39, 0.29) is 4.90 Å². The number of ether oxygens (including phenoxy) is 1. The molecule has 3 N–H and O–H groups in total. The maximum absolute atomic E-state index is 12.2. The largest absolute Gasteiger partial charge is 0.495 e. The van der Waals surface area contributed by atoms with Crippen molar-refractivity contribution in [3.63, 3.8) is 0 Å². The molecule has 0 radical (unpaired) electrons. The number of nitrogens with two attached hydrogens (primary N) is 1. The molecule has 2 unspecified atom stereocenters. The molecule has 0 bridgehead atoms. The molecule has 1 aliphatic carbocycles. The zero-order valence-electron chi connectivity index (χ0n) is 11.9. The minimum atomic E-state index is -3.50. The maximum Gasteiger partial charge on any atom is 0.240 e. The van der Waals surface area contributed by atoms with E-state index in [2.05, 4.69) is 11.6 Å². The lowest BCUT2D eigenvalue weighted by Gasteiger charge is -2.16. The Morgan fingerprint density at radius 3 is 2.70 bits per heavy atom. The van der Waals surface area contributed by atoms with E-state index in [4.69, 9.17) is 10.5 Å². The van der Waals surface area contributed by atoms with Gasteiger partial charge in [-0.1, -0.05) is 19.8 Å². The molecule has 2 atom stereocenters. The predicted octanol–water partition coefficient (Wildman–Crippen LogP) is 1.99. The average molecular weight is 298 g/mol.